The third-order valence-corrected chi connectivity index (χ3v) is 9.28. The predicted octanol–water partition coefficient (Wildman–Crippen LogP) is 3.79. The number of carbonyl (C=O) groups excluding carboxylic acids is 3. The molecular weight excluding hydrogens is 640 g/mol. The van der Waals surface area contributed by atoms with Gasteiger partial charge in [0.05, 0.1) is 44.6 Å². The van der Waals surface area contributed by atoms with Crippen molar-refractivity contribution in [2.45, 2.75) is 153 Å². The Balaban J connectivity index is 2.02. The van der Waals surface area contributed by atoms with Crippen molar-refractivity contribution in [2.24, 2.45) is 5.41 Å². The van der Waals surface area contributed by atoms with Crippen LogP contribution in [-0.2, 0) is 47.5 Å². The zero-order chi connectivity index (χ0) is 36.0. The van der Waals surface area contributed by atoms with Crippen LogP contribution in [0.3, 0.4) is 0 Å². The molecule has 3 aliphatic heterocycles. The lowest BCUT2D eigenvalue weighted by Gasteiger charge is -2.51. The van der Waals surface area contributed by atoms with Gasteiger partial charge in [-0.1, -0.05) is 52.5 Å². The van der Waals surface area contributed by atoms with E-state index in [4.69, 9.17) is 33.2 Å². The topological polar surface area (TPSA) is 177 Å². The Morgan fingerprint density at radius 2 is 1.78 bits per heavy atom. The molecule has 0 aromatic heterocycles. The second-order valence-electron chi connectivity index (χ2n) is 13.8. The van der Waals surface area contributed by atoms with Gasteiger partial charge in [0.15, 0.2) is 12.4 Å². The summed E-state index contributed by atoms with van der Waals surface area (Å²) < 4.78 is 40.5. The predicted molar refractivity (Wildman–Crippen MR) is 177 cm³/mol. The lowest BCUT2D eigenvalue weighted by molar-refractivity contribution is -0.327. The average molecular weight is 699 g/mol. The summed E-state index contributed by atoms with van der Waals surface area (Å²) in [5.74, 6) is -4.26. The third-order valence-electron chi connectivity index (χ3n) is 9.28. The summed E-state index contributed by atoms with van der Waals surface area (Å²) in [5.41, 5.74) is -1.05. The van der Waals surface area contributed by atoms with Crippen LogP contribution in [0.15, 0.2) is 23.8 Å². The van der Waals surface area contributed by atoms with E-state index in [1.807, 2.05) is 0 Å². The molecule has 0 spiro atoms. The van der Waals surface area contributed by atoms with Gasteiger partial charge in [0.1, 0.15) is 6.10 Å². The number of esters is 3. The molecule has 0 amide bonds. The molecule has 0 aromatic carbocycles. The van der Waals surface area contributed by atoms with Gasteiger partial charge in [0, 0.05) is 37.5 Å². The number of ether oxygens (including phenoxy) is 7. The Kier molecular flexibility index (Phi) is 16.6. The van der Waals surface area contributed by atoms with E-state index in [0.29, 0.717) is 32.5 Å². The summed E-state index contributed by atoms with van der Waals surface area (Å²) in [6.45, 7) is 8.01. The van der Waals surface area contributed by atoms with Crippen LogP contribution in [0, 0.1) is 5.41 Å². The lowest BCUT2D eigenvalue weighted by Crippen LogP contribution is -2.62. The fourth-order valence-corrected chi connectivity index (χ4v) is 6.18. The molecule has 2 fully saturated rings. The number of methoxy groups -OCH3 is 1. The molecule has 280 valence electrons. The SMILES string of the molecule is CCCCCCCC(=O)O[C@H]1/C(=C/C(=O)OC)C[C@H]2C[C@H]([C@@H](C)O)OC(=O)C[C@H](O)CCOCC[C@@H]3CCO[C@H](/C=C\C(C)(C)[C@]1(O)O2)O3. The highest BCUT2D eigenvalue weighted by Crippen LogP contribution is 2.47. The number of carbonyl (C=O) groups is 3. The van der Waals surface area contributed by atoms with Crippen molar-refractivity contribution in [3.05, 3.63) is 23.8 Å². The second kappa shape index (κ2) is 19.9. The van der Waals surface area contributed by atoms with Crippen LogP contribution in [0.2, 0.25) is 0 Å². The van der Waals surface area contributed by atoms with Crippen LogP contribution >= 0.6 is 0 Å². The van der Waals surface area contributed by atoms with Crippen molar-refractivity contribution in [1.29, 1.82) is 0 Å². The minimum absolute atomic E-state index is 0.0110. The fraction of sp³-hybridized carbons (Fsp3) is 0.806. The van der Waals surface area contributed by atoms with Gasteiger partial charge in [-0.15, -0.1) is 0 Å². The quantitative estimate of drug-likeness (QED) is 0.104. The Bertz CT molecular complexity index is 1120. The molecule has 3 aliphatic rings. The molecule has 13 heteroatoms. The number of aliphatic hydroxyl groups is 3. The van der Waals surface area contributed by atoms with E-state index in [0.717, 1.165) is 25.7 Å². The number of fused-ring (bicyclic) bond motifs is 4. The average Bonchev–Trinajstić information content (AvgIpc) is 3.04. The zero-order valence-corrected chi connectivity index (χ0v) is 29.8. The maximum absolute atomic E-state index is 13.2. The highest BCUT2D eigenvalue weighted by atomic mass is 16.7. The van der Waals surface area contributed by atoms with Gasteiger partial charge in [-0.2, -0.15) is 0 Å². The van der Waals surface area contributed by atoms with Crippen molar-refractivity contribution in [1.82, 2.24) is 0 Å². The van der Waals surface area contributed by atoms with E-state index in [9.17, 15) is 29.7 Å². The summed E-state index contributed by atoms with van der Waals surface area (Å²) >= 11 is 0. The Morgan fingerprint density at radius 1 is 1.06 bits per heavy atom. The normalized spacial score (nSPS) is 33.9. The molecule has 8 atom stereocenters. The van der Waals surface area contributed by atoms with E-state index in [1.165, 1.54) is 20.1 Å². The van der Waals surface area contributed by atoms with Crippen molar-refractivity contribution in [3.8, 4) is 0 Å². The van der Waals surface area contributed by atoms with Crippen molar-refractivity contribution in [2.75, 3.05) is 26.9 Å². The molecule has 3 N–H and O–H groups in total. The Hall–Kier alpha value is -2.39. The number of hydrogen-bond acceptors (Lipinski definition) is 13. The number of rotatable bonds is 9. The number of hydrogen-bond donors (Lipinski definition) is 3. The first kappa shape index (κ1) is 41.0. The first-order valence-electron chi connectivity index (χ1n) is 17.8. The Morgan fingerprint density at radius 3 is 2.49 bits per heavy atom. The molecule has 4 bridgehead atoms. The lowest BCUT2D eigenvalue weighted by atomic mass is 9.74. The molecule has 49 heavy (non-hydrogen) atoms. The number of aliphatic hydroxyl groups excluding tert-OH is 2. The van der Waals surface area contributed by atoms with Crippen LogP contribution in [-0.4, -0.2) is 109 Å². The van der Waals surface area contributed by atoms with Gasteiger partial charge in [-0.3, -0.25) is 9.59 Å². The number of unbranched alkanes of at least 4 members (excludes halogenated alkanes) is 4. The fourth-order valence-electron chi connectivity index (χ4n) is 6.18. The van der Waals surface area contributed by atoms with Crippen LogP contribution in [0.1, 0.15) is 105 Å². The van der Waals surface area contributed by atoms with Crippen LogP contribution < -0.4 is 0 Å². The first-order chi connectivity index (χ1) is 23.3. The van der Waals surface area contributed by atoms with Gasteiger partial charge < -0.3 is 48.5 Å². The maximum Gasteiger partial charge on any atom is 0.330 e. The van der Waals surface area contributed by atoms with Gasteiger partial charge in [-0.05, 0) is 50.7 Å². The van der Waals surface area contributed by atoms with E-state index >= 15 is 0 Å². The van der Waals surface area contributed by atoms with E-state index in [1.54, 1.807) is 26.0 Å². The summed E-state index contributed by atoms with van der Waals surface area (Å²) in [6, 6.07) is 0. The minimum Gasteiger partial charge on any atom is -0.466 e. The van der Waals surface area contributed by atoms with Gasteiger partial charge in [-0.25, -0.2) is 4.79 Å². The van der Waals surface area contributed by atoms with Crippen LogP contribution in [0.25, 0.3) is 0 Å². The number of cyclic esters (lactones) is 1. The summed E-state index contributed by atoms with van der Waals surface area (Å²) in [6.07, 6.45) is 3.77. The molecule has 13 nitrogen and oxygen atoms in total. The molecule has 0 radical (unpaired) electrons. The largest absolute Gasteiger partial charge is 0.466 e. The molecule has 0 aromatic rings. The monoisotopic (exact) mass is 698 g/mol. The van der Waals surface area contributed by atoms with Crippen molar-refractivity contribution in [3.63, 3.8) is 0 Å². The molecule has 0 saturated carbocycles. The molecule has 3 rings (SSSR count). The van der Waals surface area contributed by atoms with Crippen molar-refractivity contribution < 1.29 is 62.9 Å². The summed E-state index contributed by atoms with van der Waals surface area (Å²) in [5, 5.41) is 33.6. The molecular formula is C36H58O13. The maximum atomic E-state index is 13.2. The minimum atomic E-state index is -2.25. The molecule has 3 heterocycles. The summed E-state index contributed by atoms with van der Waals surface area (Å²) in [7, 11) is 1.21. The van der Waals surface area contributed by atoms with E-state index < -0.39 is 65.9 Å². The summed E-state index contributed by atoms with van der Waals surface area (Å²) in [4.78, 5) is 38.7. The molecule has 2 saturated heterocycles. The van der Waals surface area contributed by atoms with Gasteiger partial charge >= 0.3 is 17.9 Å². The molecule has 0 unspecified atom stereocenters. The van der Waals surface area contributed by atoms with E-state index in [2.05, 4.69) is 6.92 Å². The second-order valence-corrected chi connectivity index (χ2v) is 13.8. The van der Waals surface area contributed by atoms with E-state index in [-0.39, 0.29) is 50.4 Å². The Labute approximate surface area is 290 Å². The zero-order valence-electron chi connectivity index (χ0n) is 29.8. The molecule has 0 aliphatic carbocycles. The standard InChI is InChI=1S/C36H58O13/c1-6-7-8-9-10-11-30(39)48-34-25(21-31(40)43-5)20-28-23-29(24(2)37)47-32(41)22-26(38)13-17-44-18-14-27-15-19-45-33(46-27)12-16-35(3,4)36(34,42)49-28/h12,16,21,24,26-29,33-34,37-38,42H,6-11,13-15,17-20,22-23H2,1-5H3/b16-12-,25-21+/t24-,26-,27-,28+,29-,33+,34+,36-/m1/s1. The van der Waals surface area contributed by atoms with Gasteiger partial charge in [0.2, 0.25) is 5.79 Å². The van der Waals surface area contributed by atoms with Crippen LogP contribution in [0.5, 0.6) is 0 Å². The smallest absolute Gasteiger partial charge is 0.330 e. The first-order valence-corrected chi connectivity index (χ1v) is 17.8. The van der Waals surface area contributed by atoms with Crippen molar-refractivity contribution >= 4 is 17.9 Å². The highest BCUT2D eigenvalue weighted by Gasteiger charge is 2.57. The van der Waals surface area contributed by atoms with Crippen LogP contribution in [0.4, 0.5) is 0 Å². The third kappa shape index (κ3) is 12.7. The van der Waals surface area contributed by atoms with Gasteiger partial charge in [0.25, 0.3) is 0 Å². The highest BCUT2D eigenvalue weighted by molar-refractivity contribution is 5.83.